The molecule has 0 aliphatic heterocycles. The second-order valence-electron chi connectivity index (χ2n) is 7.93. The maximum Gasteiger partial charge on any atom is 0.189 e. The summed E-state index contributed by atoms with van der Waals surface area (Å²) in [5.74, 6) is 1.51. The lowest BCUT2D eigenvalue weighted by Gasteiger charge is -2.13. The molecule has 0 spiro atoms. The Bertz CT molecular complexity index is 1420. The molecule has 0 aliphatic carbocycles. The number of anilines is 2. The van der Waals surface area contributed by atoms with Gasteiger partial charge < -0.3 is 5.32 Å². The molecule has 5 nitrogen and oxygen atoms in total. The summed E-state index contributed by atoms with van der Waals surface area (Å²) in [5.41, 5.74) is 5.28. The lowest BCUT2D eigenvalue weighted by molar-refractivity contribution is 0.980. The van der Waals surface area contributed by atoms with Gasteiger partial charge >= 0.3 is 0 Å². The van der Waals surface area contributed by atoms with Crippen LogP contribution in [-0.4, -0.2) is 19.9 Å². The molecule has 0 aliphatic rings. The van der Waals surface area contributed by atoms with E-state index in [9.17, 15) is 0 Å². The smallest absolute Gasteiger partial charge is 0.189 e. The van der Waals surface area contributed by atoms with Crippen molar-refractivity contribution in [3.63, 3.8) is 0 Å². The van der Waals surface area contributed by atoms with Gasteiger partial charge in [0, 0.05) is 21.7 Å². The van der Waals surface area contributed by atoms with E-state index in [1.54, 1.807) is 36.0 Å². The van der Waals surface area contributed by atoms with E-state index in [4.69, 9.17) is 0 Å². The highest BCUT2D eigenvalue weighted by Crippen LogP contribution is 2.36. The number of aromatic nitrogens is 4. The summed E-state index contributed by atoms with van der Waals surface area (Å²) in [6.07, 6.45) is 3.35. The summed E-state index contributed by atoms with van der Waals surface area (Å²) in [6, 6.07) is 25.3. The summed E-state index contributed by atoms with van der Waals surface area (Å²) in [4.78, 5) is 20.4. The van der Waals surface area contributed by atoms with Crippen LogP contribution in [0, 0.1) is 13.8 Å². The van der Waals surface area contributed by atoms with Crippen LogP contribution in [0.2, 0.25) is 0 Å². The zero-order valence-corrected chi connectivity index (χ0v) is 20.5. The summed E-state index contributed by atoms with van der Waals surface area (Å²) in [6.45, 7) is 4.18. The lowest BCUT2D eigenvalue weighted by Crippen LogP contribution is -2.00. The number of fused-ring (bicyclic) bond motifs is 1. The Morgan fingerprint density at radius 3 is 2.44 bits per heavy atom. The van der Waals surface area contributed by atoms with Crippen molar-refractivity contribution in [2.75, 3.05) is 5.32 Å². The summed E-state index contributed by atoms with van der Waals surface area (Å²) in [7, 11) is 0. The fourth-order valence-electron chi connectivity index (χ4n) is 3.42. The number of nitrogens with one attached hydrogen (secondary N) is 1. The molecule has 0 saturated carbocycles. The maximum absolute atomic E-state index is 4.66. The molecule has 0 radical (unpaired) electrons. The van der Waals surface area contributed by atoms with Crippen LogP contribution in [0.5, 0.6) is 0 Å². The summed E-state index contributed by atoms with van der Waals surface area (Å²) in [5, 5.41) is 5.00. The molecule has 2 heterocycles. The van der Waals surface area contributed by atoms with Gasteiger partial charge in [-0.25, -0.2) is 19.9 Å². The Morgan fingerprint density at radius 1 is 0.824 bits per heavy atom. The van der Waals surface area contributed by atoms with E-state index >= 15 is 0 Å². The molecule has 7 heteroatoms. The summed E-state index contributed by atoms with van der Waals surface area (Å²) < 4.78 is 0. The van der Waals surface area contributed by atoms with Crippen molar-refractivity contribution < 1.29 is 0 Å². The minimum atomic E-state index is 0.628. The second kappa shape index (κ2) is 10.2. The van der Waals surface area contributed by atoms with E-state index in [0.717, 1.165) is 21.7 Å². The number of hydrogen-bond donors (Lipinski definition) is 1. The Morgan fingerprint density at radius 2 is 1.62 bits per heavy atom. The van der Waals surface area contributed by atoms with Crippen LogP contribution in [0.15, 0.2) is 100 Å². The van der Waals surface area contributed by atoms with Crippen LogP contribution >= 0.6 is 23.5 Å². The number of nitrogens with zero attached hydrogens (tertiary/aromatic N) is 4. The van der Waals surface area contributed by atoms with Crippen LogP contribution in [0.25, 0.3) is 11.0 Å². The number of hydrogen-bond acceptors (Lipinski definition) is 7. The number of benzene rings is 3. The summed E-state index contributed by atoms with van der Waals surface area (Å²) >= 11 is 3.32. The average molecular weight is 482 g/mol. The highest BCUT2D eigenvalue weighted by molar-refractivity contribution is 7.99. The third-order valence-corrected chi connectivity index (χ3v) is 7.23. The molecule has 0 unspecified atom stereocenters. The Labute approximate surface area is 207 Å². The van der Waals surface area contributed by atoms with Crippen molar-refractivity contribution in [3.8, 4) is 0 Å². The first kappa shape index (κ1) is 22.4. The van der Waals surface area contributed by atoms with Gasteiger partial charge in [0.15, 0.2) is 10.8 Å². The van der Waals surface area contributed by atoms with Gasteiger partial charge in [0.1, 0.15) is 12.1 Å². The molecule has 0 fully saturated rings. The fraction of sp³-hybridized carbons (Fsp3) is 0.111. The zero-order chi connectivity index (χ0) is 23.3. The monoisotopic (exact) mass is 481 g/mol. The first-order valence-electron chi connectivity index (χ1n) is 10.9. The first-order chi connectivity index (χ1) is 16.6. The van der Waals surface area contributed by atoms with Crippen molar-refractivity contribution in [1.29, 1.82) is 0 Å². The SMILES string of the molecule is Cc1ccc(Sc2ccc(C)cc2Nc2ncnc3nc(SCc4ccccc4)ncc23)cc1. The van der Waals surface area contributed by atoms with Crippen LogP contribution in [0.3, 0.4) is 0 Å². The lowest BCUT2D eigenvalue weighted by atomic mass is 10.2. The molecule has 168 valence electrons. The molecule has 1 N–H and O–H groups in total. The van der Waals surface area contributed by atoms with Crippen molar-refractivity contribution in [3.05, 3.63) is 102 Å². The van der Waals surface area contributed by atoms with Gasteiger partial charge in [-0.3, -0.25) is 0 Å². The van der Waals surface area contributed by atoms with Gasteiger partial charge in [-0.15, -0.1) is 0 Å². The molecule has 3 aromatic carbocycles. The molecular formula is C27H23N5S2. The van der Waals surface area contributed by atoms with Gasteiger partial charge in [0.05, 0.1) is 11.1 Å². The molecule has 5 aromatic rings. The van der Waals surface area contributed by atoms with Crippen molar-refractivity contribution in [1.82, 2.24) is 19.9 Å². The third kappa shape index (κ3) is 5.38. The van der Waals surface area contributed by atoms with E-state index < -0.39 is 0 Å². The van der Waals surface area contributed by atoms with Crippen LogP contribution in [0.1, 0.15) is 16.7 Å². The van der Waals surface area contributed by atoms with Crippen molar-refractivity contribution >= 4 is 46.1 Å². The van der Waals surface area contributed by atoms with Crippen LogP contribution in [-0.2, 0) is 5.75 Å². The quantitative estimate of drug-likeness (QED) is 0.194. The first-order valence-corrected chi connectivity index (χ1v) is 12.7. The molecule has 0 atom stereocenters. The highest BCUT2D eigenvalue weighted by Gasteiger charge is 2.11. The third-order valence-electron chi connectivity index (χ3n) is 5.22. The van der Waals surface area contributed by atoms with E-state index in [1.807, 2.05) is 18.2 Å². The molecule has 0 amide bonds. The predicted octanol–water partition coefficient (Wildman–Crippen LogP) is 7.22. The molecular weight excluding hydrogens is 458 g/mol. The van der Waals surface area contributed by atoms with Crippen molar-refractivity contribution in [2.45, 2.75) is 34.5 Å². The predicted molar refractivity (Wildman–Crippen MR) is 141 cm³/mol. The minimum absolute atomic E-state index is 0.628. The minimum Gasteiger partial charge on any atom is -0.339 e. The Kier molecular flexibility index (Phi) is 6.74. The van der Waals surface area contributed by atoms with Gasteiger partial charge in [-0.2, -0.15) is 0 Å². The van der Waals surface area contributed by atoms with Gasteiger partial charge in [-0.1, -0.05) is 77.6 Å². The van der Waals surface area contributed by atoms with Crippen LogP contribution < -0.4 is 5.32 Å². The van der Waals surface area contributed by atoms with Gasteiger partial charge in [0.2, 0.25) is 0 Å². The van der Waals surface area contributed by atoms with Gasteiger partial charge in [-0.05, 0) is 49.2 Å². The largest absolute Gasteiger partial charge is 0.339 e. The molecule has 0 bridgehead atoms. The number of thioether (sulfide) groups is 1. The molecule has 5 rings (SSSR count). The van der Waals surface area contributed by atoms with E-state index in [2.05, 4.69) is 93.7 Å². The zero-order valence-electron chi connectivity index (χ0n) is 18.9. The highest BCUT2D eigenvalue weighted by atomic mass is 32.2. The normalized spacial score (nSPS) is 11.0. The molecule has 34 heavy (non-hydrogen) atoms. The number of aryl methyl sites for hydroxylation is 2. The average Bonchev–Trinajstić information content (AvgIpc) is 2.86. The van der Waals surface area contributed by atoms with Crippen molar-refractivity contribution in [2.24, 2.45) is 0 Å². The van der Waals surface area contributed by atoms with E-state index in [0.29, 0.717) is 16.6 Å². The molecule has 2 aromatic heterocycles. The Hall–Kier alpha value is -3.42. The van der Waals surface area contributed by atoms with E-state index in [1.165, 1.54) is 21.6 Å². The Balaban J connectivity index is 1.40. The topological polar surface area (TPSA) is 63.6 Å². The number of rotatable bonds is 7. The maximum atomic E-state index is 4.66. The standard InChI is InChI=1S/C27H23N5S2/c1-18-8-11-21(12-9-18)34-24-13-10-19(2)14-23(24)31-25-22-15-28-27(32-26(22)30-17-29-25)33-16-20-6-4-3-5-7-20/h3-15,17H,16H2,1-2H3,(H,28,29,30,31,32). The molecule has 0 saturated heterocycles. The second-order valence-corrected chi connectivity index (χ2v) is 9.98. The van der Waals surface area contributed by atoms with Gasteiger partial charge in [0.25, 0.3) is 0 Å². The van der Waals surface area contributed by atoms with E-state index in [-0.39, 0.29) is 0 Å². The van der Waals surface area contributed by atoms with Crippen LogP contribution in [0.4, 0.5) is 11.5 Å². The fourth-order valence-corrected chi connectivity index (χ4v) is 5.06.